The van der Waals surface area contributed by atoms with Crippen molar-refractivity contribution in [1.82, 2.24) is 9.78 Å². The minimum absolute atomic E-state index is 0.402. The van der Waals surface area contributed by atoms with Gasteiger partial charge < -0.3 is 5.73 Å². The van der Waals surface area contributed by atoms with Gasteiger partial charge in [0.2, 0.25) is 0 Å². The Hall–Kier alpha value is -1.33. The Morgan fingerprint density at radius 2 is 2.29 bits per heavy atom. The van der Waals surface area contributed by atoms with Crippen LogP contribution < -0.4 is 5.73 Å². The largest absolute Gasteiger partial charge is 0.398 e. The van der Waals surface area contributed by atoms with Crippen LogP contribution in [0, 0.1) is 0 Å². The van der Waals surface area contributed by atoms with Gasteiger partial charge in [-0.25, -0.2) is 0 Å². The van der Waals surface area contributed by atoms with Gasteiger partial charge in [0, 0.05) is 29.5 Å². The highest BCUT2D eigenvalue weighted by atomic mass is 35.5. The highest BCUT2D eigenvalue weighted by molar-refractivity contribution is 7.84. The molecule has 0 saturated carbocycles. The Labute approximate surface area is 107 Å². The maximum atomic E-state index is 12.1. The Kier molecular flexibility index (Phi) is 3.49. The second-order valence-electron chi connectivity index (χ2n) is 3.69. The van der Waals surface area contributed by atoms with Crippen molar-refractivity contribution in [1.29, 1.82) is 0 Å². The predicted molar refractivity (Wildman–Crippen MR) is 69.2 cm³/mol. The molecule has 1 unspecified atom stereocenters. The molecule has 4 nitrogen and oxygen atoms in total. The maximum absolute atomic E-state index is 12.1. The molecule has 17 heavy (non-hydrogen) atoms. The van der Waals surface area contributed by atoms with Crippen LogP contribution in [0.15, 0.2) is 35.5 Å². The van der Waals surface area contributed by atoms with E-state index in [1.165, 1.54) is 0 Å². The van der Waals surface area contributed by atoms with Crippen LogP contribution in [-0.4, -0.2) is 14.0 Å². The van der Waals surface area contributed by atoms with Crippen molar-refractivity contribution in [3.63, 3.8) is 0 Å². The second-order valence-corrected chi connectivity index (χ2v) is 5.55. The van der Waals surface area contributed by atoms with Crippen LogP contribution in [0.3, 0.4) is 0 Å². The number of hydrogen-bond donors (Lipinski definition) is 1. The van der Waals surface area contributed by atoms with Gasteiger partial charge in [0.05, 0.1) is 27.6 Å². The molecule has 2 N–H and O–H groups in total. The number of rotatable bonds is 3. The van der Waals surface area contributed by atoms with Gasteiger partial charge in [-0.15, -0.1) is 0 Å². The molecule has 90 valence electrons. The quantitative estimate of drug-likeness (QED) is 0.867. The molecule has 0 fully saturated rings. The fraction of sp³-hybridized carbons (Fsp3) is 0.182. The van der Waals surface area contributed by atoms with E-state index < -0.39 is 10.8 Å². The third-order valence-electron chi connectivity index (χ3n) is 2.27. The highest BCUT2D eigenvalue weighted by Gasteiger charge is 2.10. The lowest BCUT2D eigenvalue weighted by Crippen LogP contribution is -2.00. The summed E-state index contributed by atoms with van der Waals surface area (Å²) in [5.41, 5.74) is 7.16. The molecule has 1 aromatic heterocycles. The number of nitrogens with two attached hydrogens (primary N) is 1. The highest BCUT2D eigenvalue weighted by Crippen LogP contribution is 2.22. The number of aromatic nitrogens is 2. The maximum Gasteiger partial charge on any atom is 0.0621 e. The smallest absolute Gasteiger partial charge is 0.0621 e. The van der Waals surface area contributed by atoms with Crippen LogP contribution in [-0.2, 0) is 23.6 Å². The summed E-state index contributed by atoms with van der Waals surface area (Å²) in [4.78, 5) is 0.609. The summed E-state index contributed by atoms with van der Waals surface area (Å²) >= 11 is 5.79. The standard InChI is InChI=1S/C11H12ClN3OS/c1-15-6-8(5-14-15)7-17(16)11-3-2-9(12)4-10(11)13/h2-6H,7,13H2,1H3. The number of nitrogen functional groups attached to an aromatic ring is 1. The summed E-state index contributed by atoms with van der Waals surface area (Å²) in [6, 6.07) is 5.00. The number of anilines is 1. The fourth-order valence-electron chi connectivity index (χ4n) is 1.50. The van der Waals surface area contributed by atoms with E-state index in [2.05, 4.69) is 5.10 Å². The van der Waals surface area contributed by atoms with Gasteiger partial charge >= 0.3 is 0 Å². The number of aryl methyl sites for hydroxylation is 1. The summed E-state index contributed by atoms with van der Waals surface area (Å²) in [5.74, 6) is 0.402. The molecule has 1 atom stereocenters. The summed E-state index contributed by atoms with van der Waals surface area (Å²) in [6.45, 7) is 0. The first-order valence-corrected chi connectivity index (χ1v) is 6.67. The Balaban J connectivity index is 2.20. The van der Waals surface area contributed by atoms with Crippen molar-refractivity contribution in [3.05, 3.63) is 41.2 Å². The zero-order chi connectivity index (χ0) is 12.4. The minimum Gasteiger partial charge on any atom is -0.398 e. The van der Waals surface area contributed by atoms with Crippen molar-refractivity contribution >= 4 is 28.1 Å². The van der Waals surface area contributed by atoms with Crippen LogP contribution in [0.5, 0.6) is 0 Å². The Morgan fingerprint density at radius 1 is 1.53 bits per heavy atom. The second kappa shape index (κ2) is 4.89. The molecule has 6 heteroatoms. The van der Waals surface area contributed by atoms with Gasteiger partial charge in [-0.1, -0.05) is 11.6 Å². The average molecular weight is 270 g/mol. The Bertz CT molecular complexity index is 568. The first-order valence-electron chi connectivity index (χ1n) is 4.97. The zero-order valence-corrected chi connectivity index (χ0v) is 10.8. The van der Waals surface area contributed by atoms with Crippen molar-refractivity contribution in [3.8, 4) is 0 Å². The summed E-state index contributed by atoms with van der Waals surface area (Å²) in [6.07, 6.45) is 3.54. The molecule has 0 aliphatic rings. The van der Waals surface area contributed by atoms with Crippen molar-refractivity contribution in [2.75, 3.05) is 5.73 Å². The molecule has 1 heterocycles. The predicted octanol–water partition coefficient (Wildman–Crippen LogP) is 1.96. The van der Waals surface area contributed by atoms with Crippen molar-refractivity contribution in [2.45, 2.75) is 10.6 Å². The van der Waals surface area contributed by atoms with E-state index in [0.717, 1.165) is 5.56 Å². The molecule has 0 aliphatic carbocycles. The molecule has 0 amide bonds. The van der Waals surface area contributed by atoms with Gasteiger partial charge in [-0.3, -0.25) is 8.89 Å². The van der Waals surface area contributed by atoms with Crippen molar-refractivity contribution in [2.24, 2.45) is 7.05 Å². The third-order valence-corrected chi connectivity index (χ3v) is 3.97. The third kappa shape index (κ3) is 2.87. The molecule has 0 saturated heterocycles. The molecular weight excluding hydrogens is 258 g/mol. The molecular formula is C11H12ClN3OS. The summed E-state index contributed by atoms with van der Waals surface area (Å²) < 4.78 is 13.8. The van der Waals surface area contributed by atoms with Gasteiger partial charge in [-0.2, -0.15) is 5.10 Å². The van der Waals surface area contributed by atoms with Gasteiger partial charge in [-0.05, 0) is 18.2 Å². The number of benzene rings is 1. The molecule has 0 aliphatic heterocycles. The molecule has 1 aromatic carbocycles. The van der Waals surface area contributed by atoms with Crippen molar-refractivity contribution < 1.29 is 4.21 Å². The van der Waals surface area contributed by atoms with E-state index in [1.807, 2.05) is 13.2 Å². The van der Waals surface area contributed by atoms with E-state index in [4.69, 9.17) is 17.3 Å². The van der Waals surface area contributed by atoms with Crippen LogP contribution in [0.1, 0.15) is 5.56 Å². The molecule has 0 spiro atoms. The Morgan fingerprint density at radius 3 is 2.88 bits per heavy atom. The van der Waals surface area contributed by atoms with Gasteiger partial charge in [0.15, 0.2) is 0 Å². The number of nitrogens with zero attached hydrogens (tertiary/aromatic N) is 2. The lowest BCUT2D eigenvalue weighted by molar-refractivity contribution is 0.683. The summed E-state index contributed by atoms with van der Waals surface area (Å²) in [7, 11) is 0.645. The van der Waals surface area contributed by atoms with Gasteiger partial charge in [0.1, 0.15) is 0 Å². The normalized spacial score (nSPS) is 12.6. The van der Waals surface area contributed by atoms with E-state index in [1.54, 1.807) is 29.1 Å². The first-order chi connectivity index (χ1) is 8.06. The first kappa shape index (κ1) is 12.1. The van der Waals surface area contributed by atoms with Crippen LogP contribution in [0.25, 0.3) is 0 Å². The van der Waals surface area contributed by atoms with Crippen LogP contribution >= 0.6 is 11.6 Å². The van der Waals surface area contributed by atoms with E-state index in [9.17, 15) is 4.21 Å². The molecule has 2 rings (SSSR count). The minimum atomic E-state index is -1.18. The van der Waals surface area contributed by atoms with E-state index >= 15 is 0 Å². The number of hydrogen-bond acceptors (Lipinski definition) is 3. The van der Waals surface area contributed by atoms with Crippen LogP contribution in [0.4, 0.5) is 5.69 Å². The average Bonchev–Trinajstić information content (AvgIpc) is 2.63. The molecule has 0 bridgehead atoms. The lowest BCUT2D eigenvalue weighted by Gasteiger charge is -2.04. The fourth-order valence-corrected chi connectivity index (χ4v) is 2.83. The SMILES string of the molecule is Cn1cc(CS(=O)c2ccc(Cl)cc2N)cn1. The monoisotopic (exact) mass is 269 g/mol. The molecule has 2 aromatic rings. The van der Waals surface area contributed by atoms with Gasteiger partial charge in [0.25, 0.3) is 0 Å². The van der Waals surface area contributed by atoms with Crippen LogP contribution in [0.2, 0.25) is 5.02 Å². The molecule has 0 radical (unpaired) electrons. The zero-order valence-electron chi connectivity index (χ0n) is 9.26. The van der Waals surface area contributed by atoms with E-state index in [0.29, 0.717) is 21.4 Å². The topological polar surface area (TPSA) is 60.9 Å². The summed E-state index contributed by atoms with van der Waals surface area (Å²) in [5, 5.41) is 4.58. The lowest BCUT2D eigenvalue weighted by atomic mass is 10.3. The number of halogens is 1. The van der Waals surface area contributed by atoms with E-state index in [-0.39, 0.29) is 0 Å².